The average Bonchev–Trinajstić information content (AvgIpc) is 2.99. The summed E-state index contributed by atoms with van der Waals surface area (Å²) in [7, 11) is 0. The number of hydrogen-bond donors (Lipinski definition) is 2. The van der Waals surface area contributed by atoms with Crippen LogP contribution in [0.15, 0.2) is 22.9 Å². The third-order valence-electron chi connectivity index (χ3n) is 3.38. The van der Waals surface area contributed by atoms with Crippen LogP contribution in [0.5, 0.6) is 0 Å². The second-order valence-electron chi connectivity index (χ2n) is 5.02. The van der Waals surface area contributed by atoms with Gasteiger partial charge < -0.3 is 15.2 Å². The normalized spacial score (nSPS) is 16.7. The maximum Gasteiger partial charge on any atom is 0.471 e. The number of nitrogens with one attached hydrogen (secondary N) is 2. The van der Waals surface area contributed by atoms with E-state index in [0.717, 1.165) is 25.9 Å². The molecule has 1 aliphatic heterocycles. The van der Waals surface area contributed by atoms with Crippen LogP contribution in [-0.4, -0.2) is 34.3 Å². The number of nitrogens with zero attached hydrogens (tertiary/aromatic N) is 3. The van der Waals surface area contributed by atoms with Gasteiger partial charge in [-0.15, -0.1) is 0 Å². The van der Waals surface area contributed by atoms with Crippen molar-refractivity contribution >= 4 is 5.82 Å². The van der Waals surface area contributed by atoms with Crippen LogP contribution in [0.1, 0.15) is 18.7 Å². The summed E-state index contributed by atoms with van der Waals surface area (Å²) in [5.74, 6) is -0.817. The van der Waals surface area contributed by atoms with E-state index in [2.05, 4.69) is 30.3 Å². The first kappa shape index (κ1) is 14.8. The quantitative estimate of drug-likeness (QED) is 0.905. The van der Waals surface area contributed by atoms with Crippen molar-refractivity contribution in [3.05, 3.63) is 24.2 Å². The van der Waals surface area contributed by atoms with Gasteiger partial charge in [-0.25, -0.2) is 4.98 Å². The van der Waals surface area contributed by atoms with Gasteiger partial charge in [0.05, 0.1) is 0 Å². The summed E-state index contributed by atoms with van der Waals surface area (Å²) in [4.78, 5) is 7.51. The van der Waals surface area contributed by atoms with Crippen molar-refractivity contribution in [3.63, 3.8) is 0 Å². The first-order valence-corrected chi connectivity index (χ1v) is 6.87. The molecule has 0 amide bonds. The number of hydrogen-bond acceptors (Lipinski definition) is 6. The highest BCUT2D eigenvalue weighted by Gasteiger charge is 2.38. The molecule has 22 heavy (non-hydrogen) atoms. The van der Waals surface area contributed by atoms with Crippen molar-refractivity contribution < 1.29 is 17.7 Å². The van der Waals surface area contributed by atoms with Gasteiger partial charge in [0, 0.05) is 17.8 Å². The molecule has 0 aliphatic carbocycles. The number of anilines is 1. The van der Waals surface area contributed by atoms with Crippen LogP contribution in [-0.2, 0) is 6.18 Å². The number of aromatic nitrogens is 3. The zero-order chi connectivity index (χ0) is 15.6. The maximum absolute atomic E-state index is 12.4. The van der Waals surface area contributed by atoms with Crippen molar-refractivity contribution in [2.24, 2.45) is 0 Å². The van der Waals surface area contributed by atoms with E-state index in [9.17, 15) is 13.2 Å². The molecule has 0 unspecified atom stereocenters. The summed E-state index contributed by atoms with van der Waals surface area (Å²) < 4.78 is 41.4. The highest BCUT2D eigenvalue weighted by atomic mass is 19.4. The zero-order valence-corrected chi connectivity index (χ0v) is 11.5. The fraction of sp³-hybridized carbons (Fsp3) is 0.462. The van der Waals surface area contributed by atoms with Crippen LogP contribution in [0.25, 0.3) is 11.4 Å². The van der Waals surface area contributed by atoms with Gasteiger partial charge in [-0.1, -0.05) is 5.16 Å². The van der Waals surface area contributed by atoms with Crippen LogP contribution in [0, 0.1) is 0 Å². The van der Waals surface area contributed by atoms with E-state index in [0.29, 0.717) is 17.4 Å². The molecule has 9 heteroatoms. The highest BCUT2D eigenvalue weighted by Crippen LogP contribution is 2.29. The van der Waals surface area contributed by atoms with Crippen LogP contribution in [0.2, 0.25) is 0 Å². The van der Waals surface area contributed by atoms with Gasteiger partial charge >= 0.3 is 12.1 Å². The molecule has 1 saturated heterocycles. The summed E-state index contributed by atoms with van der Waals surface area (Å²) in [6.07, 6.45) is -1.21. The highest BCUT2D eigenvalue weighted by molar-refractivity contribution is 5.55. The number of rotatable bonds is 3. The monoisotopic (exact) mass is 313 g/mol. The Hall–Kier alpha value is -2.16. The van der Waals surface area contributed by atoms with Gasteiger partial charge in [-0.05, 0) is 38.1 Å². The fourth-order valence-electron chi connectivity index (χ4n) is 2.24. The molecule has 0 bridgehead atoms. The van der Waals surface area contributed by atoms with E-state index in [1.165, 1.54) is 6.20 Å². The van der Waals surface area contributed by atoms with Gasteiger partial charge in [0.1, 0.15) is 5.82 Å². The van der Waals surface area contributed by atoms with Crippen molar-refractivity contribution in [1.82, 2.24) is 20.4 Å². The Kier molecular flexibility index (Phi) is 3.97. The minimum absolute atomic E-state index is 0.131. The average molecular weight is 313 g/mol. The van der Waals surface area contributed by atoms with Crippen LogP contribution in [0.3, 0.4) is 0 Å². The van der Waals surface area contributed by atoms with Crippen molar-refractivity contribution in [1.29, 1.82) is 0 Å². The molecule has 0 aromatic carbocycles. The summed E-state index contributed by atoms with van der Waals surface area (Å²) in [6.45, 7) is 1.91. The largest absolute Gasteiger partial charge is 0.471 e. The molecule has 3 heterocycles. The SMILES string of the molecule is FC(F)(F)c1nc(-c2ccc(NC3CCNCC3)nc2)no1. The second-order valence-corrected chi connectivity index (χ2v) is 5.02. The van der Waals surface area contributed by atoms with Crippen LogP contribution in [0.4, 0.5) is 19.0 Å². The van der Waals surface area contributed by atoms with Gasteiger partial charge in [-0.3, -0.25) is 0 Å². The summed E-state index contributed by atoms with van der Waals surface area (Å²) in [5.41, 5.74) is 0.370. The van der Waals surface area contributed by atoms with Crippen molar-refractivity contribution in [2.75, 3.05) is 18.4 Å². The predicted octanol–water partition coefficient (Wildman–Crippen LogP) is 2.31. The Morgan fingerprint density at radius 1 is 1.23 bits per heavy atom. The lowest BCUT2D eigenvalue weighted by atomic mass is 10.1. The molecule has 0 spiro atoms. The lowest BCUT2D eigenvalue weighted by Gasteiger charge is -2.24. The Morgan fingerprint density at radius 3 is 2.59 bits per heavy atom. The predicted molar refractivity (Wildman–Crippen MR) is 72.0 cm³/mol. The molecule has 0 saturated carbocycles. The molecule has 2 aromatic rings. The first-order valence-electron chi connectivity index (χ1n) is 6.87. The Labute approximate surface area is 124 Å². The Balaban J connectivity index is 1.69. The number of piperidine rings is 1. The van der Waals surface area contributed by atoms with Crippen LogP contribution >= 0.6 is 0 Å². The zero-order valence-electron chi connectivity index (χ0n) is 11.5. The van der Waals surface area contributed by atoms with Crippen molar-refractivity contribution in [3.8, 4) is 11.4 Å². The van der Waals surface area contributed by atoms with E-state index >= 15 is 0 Å². The van der Waals surface area contributed by atoms with Gasteiger partial charge in [0.15, 0.2) is 0 Å². The molecular formula is C13H14F3N5O. The van der Waals surface area contributed by atoms with Gasteiger partial charge in [0.2, 0.25) is 5.82 Å². The molecule has 2 N–H and O–H groups in total. The molecule has 1 fully saturated rings. The minimum atomic E-state index is -4.64. The molecule has 6 nitrogen and oxygen atoms in total. The summed E-state index contributed by atoms with van der Waals surface area (Å²) >= 11 is 0. The molecule has 1 aliphatic rings. The third kappa shape index (κ3) is 3.35. The minimum Gasteiger partial charge on any atom is -0.367 e. The van der Waals surface area contributed by atoms with E-state index in [1.807, 2.05) is 0 Å². The van der Waals surface area contributed by atoms with E-state index in [-0.39, 0.29) is 5.82 Å². The molecule has 118 valence electrons. The smallest absolute Gasteiger partial charge is 0.367 e. The molecule has 0 atom stereocenters. The van der Waals surface area contributed by atoms with E-state index in [1.54, 1.807) is 12.1 Å². The fourth-order valence-corrected chi connectivity index (χ4v) is 2.24. The molecule has 3 rings (SSSR count). The number of alkyl halides is 3. The van der Waals surface area contributed by atoms with E-state index in [4.69, 9.17) is 0 Å². The molecular weight excluding hydrogens is 299 g/mol. The lowest BCUT2D eigenvalue weighted by Crippen LogP contribution is -2.35. The molecule has 0 radical (unpaired) electrons. The second kappa shape index (κ2) is 5.91. The van der Waals surface area contributed by atoms with E-state index < -0.39 is 12.1 Å². The Bertz CT molecular complexity index is 619. The number of pyridine rings is 1. The van der Waals surface area contributed by atoms with Crippen LogP contribution < -0.4 is 10.6 Å². The standard InChI is InChI=1S/C13H14F3N5O/c14-13(15,16)12-20-11(21-22-12)8-1-2-10(18-7-8)19-9-3-5-17-6-4-9/h1-2,7,9,17H,3-6H2,(H,18,19). The lowest BCUT2D eigenvalue weighted by molar-refractivity contribution is -0.159. The van der Waals surface area contributed by atoms with Crippen molar-refractivity contribution in [2.45, 2.75) is 25.1 Å². The Morgan fingerprint density at radius 2 is 2.00 bits per heavy atom. The summed E-state index contributed by atoms with van der Waals surface area (Å²) in [6, 6.07) is 3.66. The number of halogens is 3. The maximum atomic E-state index is 12.4. The molecule has 2 aromatic heterocycles. The topological polar surface area (TPSA) is 75.9 Å². The van der Waals surface area contributed by atoms with Gasteiger partial charge in [0.25, 0.3) is 0 Å². The third-order valence-corrected chi connectivity index (χ3v) is 3.38. The summed E-state index contributed by atoms with van der Waals surface area (Å²) in [5, 5.41) is 9.88. The van der Waals surface area contributed by atoms with Gasteiger partial charge in [-0.2, -0.15) is 18.2 Å². The first-order chi connectivity index (χ1) is 10.5.